The van der Waals surface area contributed by atoms with Gasteiger partial charge >= 0.3 is 6.09 Å². The second-order valence-corrected chi connectivity index (χ2v) is 7.56. The molecule has 0 fully saturated rings. The van der Waals surface area contributed by atoms with Gasteiger partial charge in [0.25, 0.3) is 5.91 Å². The Bertz CT molecular complexity index is 626. The molecule has 0 unspecified atom stereocenters. The predicted octanol–water partition coefficient (Wildman–Crippen LogP) is 4.20. The topological polar surface area (TPSA) is 80.3 Å². The molecule has 8 heteroatoms. The summed E-state index contributed by atoms with van der Waals surface area (Å²) >= 11 is 11.9. The minimum Gasteiger partial charge on any atom is -0.444 e. The smallest absolute Gasteiger partial charge is 0.407 e. The van der Waals surface area contributed by atoms with Gasteiger partial charge in [-0.05, 0) is 45.7 Å². The van der Waals surface area contributed by atoms with E-state index in [2.05, 4.69) is 15.6 Å². The van der Waals surface area contributed by atoms with Gasteiger partial charge in [0.05, 0.1) is 10.6 Å². The van der Waals surface area contributed by atoms with Crippen LogP contribution in [-0.4, -0.2) is 34.7 Å². The average molecular weight is 390 g/mol. The van der Waals surface area contributed by atoms with Gasteiger partial charge in [0, 0.05) is 6.54 Å². The highest BCUT2D eigenvalue weighted by Gasteiger charge is 2.31. The number of alkyl carbamates (subject to hydrolysis) is 1. The Hall–Kier alpha value is -1.53. The summed E-state index contributed by atoms with van der Waals surface area (Å²) in [6, 6.07) is 3.03. The number of amides is 2. The number of ether oxygens (including phenoxy) is 1. The van der Waals surface area contributed by atoms with E-state index in [-0.39, 0.29) is 22.4 Å². The maximum atomic E-state index is 12.6. The maximum Gasteiger partial charge on any atom is 0.407 e. The van der Waals surface area contributed by atoms with E-state index < -0.39 is 23.1 Å². The van der Waals surface area contributed by atoms with Gasteiger partial charge in [-0.2, -0.15) is 0 Å². The van der Waals surface area contributed by atoms with Crippen molar-refractivity contribution < 1.29 is 14.3 Å². The van der Waals surface area contributed by atoms with Gasteiger partial charge in [-0.1, -0.05) is 37.0 Å². The van der Waals surface area contributed by atoms with E-state index in [4.69, 9.17) is 27.9 Å². The summed E-state index contributed by atoms with van der Waals surface area (Å²) in [6.45, 7) is 9.43. The predicted molar refractivity (Wildman–Crippen MR) is 99.3 cm³/mol. The van der Waals surface area contributed by atoms with Crippen LogP contribution in [0.4, 0.5) is 4.79 Å². The highest BCUT2D eigenvalue weighted by Crippen LogP contribution is 2.20. The zero-order chi connectivity index (χ0) is 19.3. The fourth-order valence-corrected chi connectivity index (χ4v) is 2.49. The number of halogens is 2. The number of pyridine rings is 1. The Balaban J connectivity index is 2.85. The van der Waals surface area contributed by atoms with Crippen LogP contribution in [0.15, 0.2) is 12.1 Å². The summed E-state index contributed by atoms with van der Waals surface area (Å²) in [5, 5.41) is 6.02. The maximum absolute atomic E-state index is 12.6. The molecule has 0 atom stereocenters. The lowest BCUT2D eigenvalue weighted by atomic mass is 9.92. The van der Waals surface area contributed by atoms with Crippen molar-refractivity contribution in [1.82, 2.24) is 15.6 Å². The molecule has 0 aliphatic rings. The van der Waals surface area contributed by atoms with Crippen LogP contribution in [0.25, 0.3) is 0 Å². The highest BCUT2D eigenvalue weighted by molar-refractivity contribution is 6.34. The Morgan fingerprint density at radius 2 is 1.76 bits per heavy atom. The zero-order valence-corrected chi connectivity index (χ0v) is 16.7. The molecule has 1 aromatic heterocycles. The zero-order valence-electron chi connectivity index (χ0n) is 15.2. The van der Waals surface area contributed by atoms with Crippen LogP contribution >= 0.6 is 23.2 Å². The summed E-state index contributed by atoms with van der Waals surface area (Å²) in [5.74, 6) is -0.442. The number of hydrogen-bond donors (Lipinski definition) is 2. The first-order chi connectivity index (χ1) is 11.5. The Morgan fingerprint density at radius 3 is 2.28 bits per heavy atom. The first-order valence-electron chi connectivity index (χ1n) is 8.13. The third-order valence-corrected chi connectivity index (χ3v) is 4.24. The molecule has 6 nitrogen and oxygen atoms in total. The van der Waals surface area contributed by atoms with Gasteiger partial charge in [0.1, 0.15) is 16.4 Å². The highest BCUT2D eigenvalue weighted by atomic mass is 35.5. The van der Waals surface area contributed by atoms with Crippen molar-refractivity contribution in [2.24, 2.45) is 0 Å². The van der Waals surface area contributed by atoms with Crippen LogP contribution in [0.3, 0.4) is 0 Å². The molecule has 0 aromatic carbocycles. The van der Waals surface area contributed by atoms with Crippen molar-refractivity contribution in [2.45, 2.75) is 58.6 Å². The number of rotatable bonds is 6. The Kier molecular flexibility index (Phi) is 7.50. The third-order valence-electron chi connectivity index (χ3n) is 3.73. The lowest BCUT2D eigenvalue weighted by Crippen LogP contribution is -2.55. The molecular weight excluding hydrogens is 365 g/mol. The Labute approximate surface area is 158 Å². The molecule has 2 N–H and O–H groups in total. The molecule has 2 amide bonds. The Morgan fingerprint density at radius 1 is 1.16 bits per heavy atom. The van der Waals surface area contributed by atoms with Crippen molar-refractivity contribution in [3.05, 3.63) is 28.0 Å². The largest absolute Gasteiger partial charge is 0.444 e. The number of carbonyl (C=O) groups excluding carboxylic acids is 2. The van der Waals surface area contributed by atoms with Gasteiger partial charge in [-0.15, -0.1) is 0 Å². The van der Waals surface area contributed by atoms with E-state index in [1.165, 1.54) is 12.1 Å². The first-order valence-corrected chi connectivity index (χ1v) is 8.89. The van der Waals surface area contributed by atoms with Gasteiger partial charge < -0.3 is 15.4 Å². The number of aromatic nitrogens is 1. The molecule has 140 valence electrons. The number of nitrogens with one attached hydrogen (secondary N) is 2. The lowest BCUT2D eigenvalue weighted by Gasteiger charge is -2.33. The lowest BCUT2D eigenvalue weighted by molar-refractivity contribution is 0.0501. The van der Waals surface area contributed by atoms with Crippen LogP contribution in [0.2, 0.25) is 10.2 Å². The van der Waals surface area contributed by atoms with E-state index in [1.807, 2.05) is 13.8 Å². The summed E-state index contributed by atoms with van der Waals surface area (Å²) in [7, 11) is 0. The van der Waals surface area contributed by atoms with Gasteiger partial charge in [0.15, 0.2) is 0 Å². The number of nitrogens with zero attached hydrogens (tertiary/aromatic N) is 1. The minimum atomic E-state index is -0.651. The van der Waals surface area contributed by atoms with Crippen LogP contribution in [0.5, 0.6) is 0 Å². The molecule has 1 rings (SSSR count). The van der Waals surface area contributed by atoms with E-state index in [9.17, 15) is 9.59 Å². The van der Waals surface area contributed by atoms with Gasteiger partial charge in [-0.25, -0.2) is 9.78 Å². The molecule has 0 spiro atoms. The molecule has 0 aliphatic carbocycles. The molecule has 0 saturated heterocycles. The van der Waals surface area contributed by atoms with Crippen LogP contribution in [0, 0.1) is 0 Å². The molecule has 25 heavy (non-hydrogen) atoms. The van der Waals surface area contributed by atoms with Crippen LogP contribution in [-0.2, 0) is 4.74 Å². The summed E-state index contributed by atoms with van der Waals surface area (Å²) in [6.07, 6.45) is 0.666. The average Bonchev–Trinajstić information content (AvgIpc) is 2.52. The molecule has 0 radical (unpaired) electrons. The van der Waals surface area contributed by atoms with Crippen molar-refractivity contribution in [2.75, 3.05) is 6.54 Å². The van der Waals surface area contributed by atoms with Crippen LogP contribution < -0.4 is 10.6 Å². The second-order valence-electron chi connectivity index (χ2n) is 6.76. The third kappa shape index (κ3) is 6.71. The standard InChI is InChI=1S/C17H25Cl2N3O3/c1-6-17(7-2,10-20-15(24)25-16(3,4)5)22-14(23)13-11(18)8-9-12(19)21-13/h8-9H,6-7,10H2,1-5H3,(H,20,24)(H,22,23). The molecular formula is C17H25Cl2N3O3. The molecule has 0 saturated carbocycles. The minimum absolute atomic E-state index is 0.0534. The number of hydrogen-bond acceptors (Lipinski definition) is 4. The fraction of sp³-hybridized carbons (Fsp3) is 0.588. The molecule has 0 aliphatic heterocycles. The second kappa shape index (κ2) is 8.72. The first kappa shape index (κ1) is 21.5. The van der Waals surface area contributed by atoms with Crippen molar-refractivity contribution >= 4 is 35.2 Å². The normalized spacial score (nSPS) is 11.8. The summed E-state index contributed by atoms with van der Waals surface area (Å²) in [5.41, 5.74) is -1.19. The number of carbonyl (C=O) groups is 2. The van der Waals surface area contributed by atoms with Gasteiger partial charge in [-0.3, -0.25) is 4.79 Å². The monoisotopic (exact) mass is 389 g/mol. The van der Waals surface area contributed by atoms with Crippen molar-refractivity contribution in [3.63, 3.8) is 0 Å². The fourth-order valence-electron chi connectivity index (χ4n) is 2.15. The van der Waals surface area contributed by atoms with E-state index in [0.717, 1.165) is 0 Å². The van der Waals surface area contributed by atoms with Crippen LogP contribution in [0.1, 0.15) is 57.9 Å². The van der Waals surface area contributed by atoms with Gasteiger partial charge in [0.2, 0.25) is 0 Å². The van der Waals surface area contributed by atoms with E-state index in [1.54, 1.807) is 20.8 Å². The van der Waals surface area contributed by atoms with Crippen molar-refractivity contribution in [3.8, 4) is 0 Å². The van der Waals surface area contributed by atoms with Crippen molar-refractivity contribution in [1.29, 1.82) is 0 Å². The molecule has 0 bridgehead atoms. The molecule has 1 aromatic rings. The molecule has 1 heterocycles. The summed E-state index contributed by atoms with van der Waals surface area (Å²) < 4.78 is 5.23. The quantitative estimate of drug-likeness (QED) is 0.714. The summed E-state index contributed by atoms with van der Waals surface area (Å²) in [4.78, 5) is 28.4. The van der Waals surface area contributed by atoms with E-state index >= 15 is 0 Å². The SMILES string of the molecule is CCC(CC)(CNC(=O)OC(C)(C)C)NC(=O)c1nc(Cl)ccc1Cl. The van der Waals surface area contributed by atoms with E-state index in [0.29, 0.717) is 12.8 Å².